The van der Waals surface area contributed by atoms with Crippen LogP contribution in [0.4, 0.5) is 5.82 Å². The quantitative estimate of drug-likeness (QED) is 0.836. The number of carbonyl (C=O) groups is 2. The zero-order valence-corrected chi connectivity index (χ0v) is 12.1. The molecule has 1 aliphatic heterocycles. The molecule has 0 spiro atoms. The van der Waals surface area contributed by atoms with Gasteiger partial charge < -0.3 is 14.7 Å². The summed E-state index contributed by atoms with van der Waals surface area (Å²) in [7, 11) is 0. The minimum absolute atomic E-state index is 0.0910. The fraction of sp³-hybridized carbons (Fsp3) is 0.533. The van der Waals surface area contributed by atoms with Gasteiger partial charge in [-0.2, -0.15) is 0 Å². The van der Waals surface area contributed by atoms with Crippen LogP contribution < -0.4 is 4.90 Å². The van der Waals surface area contributed by atoms with E-state index in [-0.39, 0.29) is 18.3 Å². The third-order valence-corrected chi connectivity index (χ3v) is 3.56. The molecular weight excluding hydrogens is 272 g/mol. The number of pyridine rings is 1. The van der Waals surface area contributed by atoms with Crippen LogP contribution in [0.1, 0.15) is 36.5 Å². The van der Waals surface area contributed by atoms with Crippen molar-refractivity contribution in [3.8, 4) is 0 Å². The maximum absolute atomic E-state index is 12.0. The molecule has 1 aliphatic rings. The van der Waals surface area contributed by atoms with E-state index in [0.717, 1.165) is 19.4 Å². The van der Waals surface area contributed by atoms with Gasteiger partial charge >= 0.3 is 11.9 Å². The van der Waals surface area contributed by atoms with Gasteiger partial charge in [0.2, 0.25) is 0 Å². The number of carboxylic acids is 1. The summed E-state index contributed by atoms with van der Waals surface area (Å²) in [6, 6.07) is 3.40. The number of carbonyl (C=O) groups excluding carboxylic acids is 1. The molecule has 1 saturated heterocycles. The Morgan fingerprint density at radius 1 is 1.52 bits per heavy atom. The van der Waals surface area contributed by atoms with Gasteiger partial charge in [0.25, 0.3) is 0 Å². The molecule has 1 N–H and O–H groups in total. The molecule has 2 rings (SSSR count). The van der Waals surface area contributed by atoms with Gasteiger partial charge in [-0.3, -0.25) is 4.79 Å². The van der Waals surface area contributed by atoms with Crippen molar-refractivity contribution >= 4 is 17.8 Å². The van der Waals surface area contributed by atoms with E-state index in [1.165, 1.54) is 0 Å². The number of nitrogens with zero attached hydrogens (tertiary/aromatic N) is 2. The second-order valence-corrected chi connectivity index (χ2v) is 5.15. The molecule has 0 amide bonds. The molecule has 6 heteroatoms. The number of piperidine rings is 1. The monoisotopic (exact) mass is 292 g/mol. The molecule has 0 aromatic carbocycles. The summed E-state index contributed by atoms with van der Waals surface area (Å²) in [6.45, 7) is 3.46. The van der Waals surface area contributed by atoms with Crippen LogP contribution in [-0.4, -0.2) is 41.7 Å². The molecule has 0 aliphatic carbocycles. The van der Waals surface area contributed by atoms with E-state index in [2.05, 4.69) is 4.98 Å². The van der Waals surface area contributed by atoms with Crippen LogP contribution in [0.15, 0.2) is 18.3 Å². The number of anilines is 1. The SMILES string of the molecule is CCOC(=O)c1cccnc1N1CCCC(CC(=O)O)C1. The van der Waals surface area contributed by atoms with Crippen molar-refractivity contribution in [3.63, 3.8) is 0 Å². The molecule has 1 fully saturated rings. The lowest BCUT2D eigenvalue weighted by molar-refractivity contribution is -0.138. The zero-order valence-electron chi connectivity index (χ0n) is 12.1. The average molecular weight is 292 g/mol. The predicted octanol–water partition coefficient (Wildman–Crippen LogP) is 1.95. The Morgan fingerprint density at radius 3 is 3.05 bits per heavy atom. The molecule has 1 aromatic heterocycles. The normalized spacial score (nSPS) is 18.3. The Hall–Kier alpha value is -2.11. The number of hydrogen-bond acceptors (Lipinski definition) is 5. The minimum atomic E-state index is -0.784. The number of ether oxygens (including phenoxy) is 1. The Morgan fingerprint density at radius 2 is 2.33 bits per heavy atom. The fourth-order valence-corrected chi connectivity index (χ4v) is 2.69. The average Bonchev–Trinajstić information content (AvgIpc) is 2.47. The molecular formula is C15H20N2O4. The first-order valence-corrected chi connectivity index (χ1v) is 7.20. The summed E-state index contributed by atoms with van der Waals surface area (Å²) < 4.78 is 5.05. The second-order valence-electron chi connectivity index (χ2n) is 5.15. The number of hydrogen-bond donors (Lipinski definition) is 1. The molecule has 6 nitrogen and oxygen atoms in total. The van der Waals surface area contributed by atoms with Crippen molar-refractivity contribution < 1.29 is 19.4 Å². The van der Waals surface area contributed by atoms with E-state index in [1.54, 1.807) is 25.3 Å². The summed E-state index contributed by atoms with van der Waals surface area (Å²) in [6.07, 6.45) is 3.58. The van der Waals surface area contributed by atoms with Gasteiger partial charge in [-0.05, 0) is 37.8 Å². The number of esters is 1. The summed E-state index contributed by atoms with van der Waals surface area (Å²) in [5.74, 6) is -0.492. The summed E-state index contributed by atoms with van der Waals surface area (Å²) in [5, 5.41) is 8.93. The smallest absolute Gasteiger partial charge is 0.341 e. The number of aliphatic carboxylic acids is 1. The highest BCUT2D eigenvalue weighted by Gasteiger charge is 2.26. The van der Waals surface area contributed by atoms with E-state index in [1.807, 2.05) is 4.90 Å². The third kappa shape index (κ3) is 3.93. The first-order valence-electron chi connectivity index (χ1n) is 7.20. The number of aromatic nitrogens is 1. The lowest BCUT2D eigenvalue weighted by Crippen LogP contribution is -2.37. The van der Waals surface area contributed by atoms with Crippen LogP contribution >= 0.6 is 0 Å². The van der Waals surface area contributed by atoms with Crippen molar-refractivity contribution in [1.29, 1.82) is 0 Å². The summed E-state index contributed by atoms with van der Waals surface area (Å²) in [4.78, 5) is 29.1. The lowest BCUT2D eigenvalue weighted by atomic mass is 9.94. The summed E-state index contributed by atoms with van der Waals surface area (Å²) in [5.41, 5.74) is 0.440. The molecule has 21 heavy (non-hydrogen) atoms. The molecule has 1 unspecified atom stereocenters. The van der Waals surface area contributed by atoms with E-state index in [0.29, 0.717) is 24.5 Å². The molecule has 0 radical (unpaired) electrons. The van der Waals surface area contributed by atoms with Gasteiger partial charge in [-0.25, -0.2) is 9.78 Å². The van der Waals surface area contributed by atoms with Crippen molar-refractivity contribution in [1.82, 2.24) is 4.98 Å². The van der Waals surface area contributed by atoms with Crippen LogP contribution in [-0.2, 0) is 9.53 Å². The maximum atomic E-state index is 12.0. The highest BCUT2D eigenvalue weighted by Crippen LogP contribution is 2.26. The third-order valence-electron chi connectivity index (χ3n) is 3.56. The van der Waals surface area contributed by atoms with Crippen LogP contribution in [0.25, 0.3) is 0 Å². The first kappa shape index (κ1) is 15.3. The molecule has 0 bridgehead atoms. The van der Waals surface area contributed by atoms with E-state index < -0.39 is 5.97 Å². The van der Waals surface area contributed by atoms with Crippen LogP contribution in [0.3, 0.4) is 0 Å². The van der Waals surface area contributed by atoms with Crippen molar-refractivity contribution in [2.75, 3.05) is 24.6 Å². The molecule has 114 valence electrons. The standard InChI is InChI=1S/C15H20N2O4/c1-2-21-15(20)12-6-3-7-16-14(12)17-8-4-5-11(10-17)9-13(18)19/h3,6-7,11H,2,4-5,8-10H2,1H3,(H,18,19). The van der Waals surface area contributed by atoms with E-state index in [4.69, 9.17) is 9.84 Å². The zero-order chi connectivity index (χ0) is 15.2. The van der Waals surface area contributed by atoms with Crippen molar-refractivity contribution in [2.24, 2.45) is 5.92 Å². The fourth-order valence-electron chi connectivity index (χ4n) is 2.69. The number of rotatable bonds is 5. The maximum Gasteiger partial charge on any atom is 0.341 e. The van der Waals surface area contributed by atoms with Crippen LogP contribution in [0.5, 0.6) is 0 Å². The number of carboxylic acid groups (broad SMARTS) is 1. The highest BCUT2D eigenvalue weighted by molar-refractivity contribution is 5.94. The molecule has 1 atom stereocenters. The van der Waals surface area contributed by atoms with Gasteiger partial charge in [0.1, 0.15) is 11.4 Å². The minimum Gasteiger partial charge on any atom is -0.481 e. The summed E-state index contributed by atoms with van der Waals surface area (Å²) >= 11 is 0. The van der Waals surface area contributed by atoms with E-state index >= 15 is 0 Å². The first-order chi connectivity index (χ1) is 10.1. The predicted molar refractivity (Wildman–Crippen MR) is 77.4 cm³/mol. The highest BCUT2D eigenvalue weighted by atomic mass is 16.5. The Bertz CT molecular complexity index is 518. The second kappa shape index (κ2) is 7.06. The van der Waals surface area contributed by atoms with Crippen molar-refractivity contribution in [3.05, 3.63) is 23.9 Å². The van der Waals surface area contributed by atoms with Gasteiger partial charge in [-0.15, -0.1) is 0 Å². The topological polar surface area (TPSA) is 79.7 Å². The Kier molecular flexibility index (Phi) is 5.14. The largest absolute Gasteiger partial charge is 0.481 e. The molecule has 2 heterocycles. The van der Waals surface area contributed by atoms with Crippen LogP contribution in [0, 0.1) is 5.92 Å². The van der Waals surface area contributed by atoms with Gasteiger partial charge in [-0.1, -0.05) is 0 Å². The van der Waals surface area contributed by atoms with Gasteiger partial charge in [0.15, 0.2) is 0 Å². The van der Waals surface area contributed by atoms with E-state index in [9.17, 15) is 9.59 Å². The molecule has 0 saturated carbocycles. The van der Waals surface area contributed by atoms with Crippen LogP contribution in [0.2, 0.25) is 0 Å². The Balaban J connectivity index is 2.17. The van der Waals surface area contributed by atoms with Crippen molar-refractivity contribution in [2.45, 2.75) is 26.2 Å². The molecule has 1 aromatic rings. The lowest BCUT2D eigenvalue weighted by Gasteiger charge is -2.33. The van der Waals surface area contributed by atoms with Gasteiger partial charge in [0, 0.05) is 25.7 Å². The Labute approximate surface area is 123 Å². The van der Waals surface area contributed by atoms with Gasteiger partial charge in [0.05, 0.1) is 6.61 Å².